The van der Waals surface area contributed by atoms with Crippen LogP contribution in [0.2, 0.25) is 0 Å². The predicted octanol–water partition coefficient (Wildman–Crippen LogP) is 5.58. The first kappa shape index (κ1) is 16.5. The molecule has 128 valence electrons. The Bertz CT molecular complexity index is 928. The highest BCUT2D eigenvalue weighted by Crippen LogP contribution is 2.33. The van der Waals surface area contributed by atoms with Crippen molar-refractivity contribution < 1.29 is 4.39 Å². The number of halogens is 2. The molecule has 0 spiro atoms. The van der Waals surface area contributed by atoms with Gasteiger partial charge >= 0.3 is 0 Å². The predicted molar refractivity (Wildman–Crippen MR) is 103 cm³/mol. The topological polar surface area (TPSA) is 29.0 Å². The molecular formula is C20H19BrFN3. The van der Waals surface area contributed by atoms with Crippen LogP contribution < -0.4 is 4.90 Å². The van der Waals surface area contributed by atoms with Crippen molar-refractivity contribution in [2.75, 3.05) is 11.4 Å². The van der Waals surface area contributed by atoms with Crippen LogP contribution in [0.15, 0.2) is 46.9 Å². The second kappa shape index (κ2) is 6.71. The summed E-state index contributed by atoms with van der Waals surface area (Å²) in [4.78, 5) is 11.8. The lowest BCUT2D eigenvalue weighted by atomic mass is 10.0. The van der Waals surface area contributed by atoms with Crippen LogP contribution in [0.3, 0.4) is 0 Å². The molecule has 1 aromatic heterocycles. The molecule has 0 radical (unpaired) electrons. The largest absolute Gasteiger partial charge is 0.353 e. The zero-order chi connectivity index (χ0) is 17.4. The zero-order valence-corrected chi connectivity index (χ0v) is 15.6. The average molecular weight is 400 g/mol. The van der Waals surface area contributed by atoms with E-state index in [2.05, 4.69) is 38.8 Å². The molecule has 5 heteroatoms. The summed E-state index contributed by atoms with van der Waals surface area (Å²) in [5.74, 6) is 1.05. The normalized spacial score (nSPS) is 17.9. The first-order chi connectivity index (χ1) is 12.1. The Morgan fingerprint density at radius 3 is 2.76 bits per heavy atom. The first-order valence-corrected chi connectivity index (χ1v) is 9.41. The van der Waals surface area contributed by atoms with Crippen LogP contribution in [-0.4, -0.2) is 22.6 Å². The highest BCUT2D eigenvalue weighted by molar-refractivity contribution is 9.10. The molecule has 1 aliphatic rings. The number of hydrogen-bond donors (Lipinski definition) is 0. The second-order valence-electron chi connectivity index (χ2n) is 6.55. The maximum atomic E-state index is 14.3. The van der Waals surface area contributed by atoms with Gasteiger partial charge in [0.05, 0.1) is 11.1 Å². The molecule has 1 saturated heterocycles. The van der Waals surface area contributed by atoms with Crippen LogP contribution in [0.4, 0.5) is 10.2 Å². The van der Waals surface area contributed by atoms with Gasteiger partial charge in [0.2, 0.25) is 0 Å². The van der Waals surface area contributed by atoms with E-state index in [0.29, 0.717) is 17.4 Å². The minimum absolute atomic E-state index is 0.295. The number of hydrogen-bond acceptors (Lipinski definition) is 3. The smallest absolute Gasteiger partial charge is 0.165 e. The molecule has 4 rings (SSSR count). The van der Waals surface area contributed by atoms with E-state index in [4.69, 9.17) is 4.98 Å². The Morgan fingerprint density at radius 1 is 1.12 bits per heavy atom. The molecule has 0 amide bonds. The molecule has 2 heterocycles. The minimum Gasteiger partial charge on any atom is -0.353 e. The van der Waals surface area contributed by atoms with Crippen molar-refractivity contribution in [3.05, 3.63) is 52.8 Å². The molecule has 1 atom stereocenters. The molecule has 1 unspecified atom stereocenters. The summed E-state index contributed by atoms with van der Waals surface area (Å²) in [7, 11) is 0. The van der Waals surface area contributed by atoms with Crippen LogP contribution >= 0.6 is 15.9 Å². The van der Waals surface area contributed by atoms with Gasteiger partial charge in [-0.2, -0.15) is 0 Å². The van der Waals surface area contributed by atoms with Crippen LogP contribution in [0, 0.1) is 5.82 Å². The Morgan fingerprint density at radius 2 is 1.96 bits per heavy atom. The standard InChI is InChI=1S/C20H19BrFN3/c1-13-6-4-5-11-25(13)20-16-12-14(21)9-10-18(16)23-19(24-20)15-7-2-3-8-17(15)22/h2-3,7-10,12-13H,4-6,11H2,1H3. The Labute approximate surface area is 155 Å². The number of anilines is 1. The number of piperidine rings is 1. The van der Waals surface area contributed by atoms with Gasteiger partial charge in [-0.1, -0.05) is 28.1 Å². The SMILES string of the molecule is CC1CCCCN1c1nc(-c2ccccc2F)nc2ccc(Br)cc12. The number of benzene rings is 2. The zero-order valence-electron chi connectivity index (χ0n) is 14.0. The summed E-state index contributed by atoms with van der Waals surface area (Å²) in [6.45, 7) is 3.20. The van der Waals surface area contributed by atoms with E-state index >= 15 is 0 Å². The molecule has 0 saturated carbocycles. The molecule has 0 bridgehead atoms. The highest BCUT2D eigenvalue weighted by atomic mass is 79.9. The summed E-state index contributed by atoms with van der Waals surface area (Å²) in [6.07, 6.45) is 3.54. The summed E-state index contributed by atoms with van der Waals surface area (Å²) in [6, 6.07) is 13.1. The molecule has 2 aromatic carbocycles. The van der Waals surface area contributed by atoms with Gasteiger partial charge in [-0.25, -0.2) is 14.4 Å². The molecule has 3 nitrogen and oxygen atoms in total. The average Bonchev–Trinajstić information content (AvgIpc) is 2.62. The number of nitrogens with zero attached hydrogens (tertiary/aromatic N) is 3. The number of rotatable bonds is 2. The second-order valence-corrected chi connectivity index (χ2v) is 7.47. The fraction of sp³-hybridized carbons (Fsp3) is 0.300. The van der Waals surface area contributed by atoms with Crippen molar-refractivity contribution in [1.82, 2.24) is 9.97 Å². The van der Waals surface area contributed by atoms with E-state index in [-0.39, 0.29) is 5.82 Å². The molecule has 1 aliphatic heterocycles. The van der Waals surface area contributed by atoms with Crippen LogP contribution in [0.5, 0.6) is 0 Å². The fourth-order valence-electron chi connectivity index (χ4n) is 3.48. The Kier molecular flexibility index (Phi) is 4.42. The quantitative estimate of drug-likeness (QED) is 0.563. The van der Waals surface area contributed by atoms with E-state index in [1.54, 1.807) is 12.1 Å². The molecule has 25 heavy (non-hydrogen) atoms. The van der Waals surface area contributed by atoms with E-state index in [1.807, 2.05) is 18.2 Å². The van der Waals surface area contributed by atoms with Gasteiger partial charge < -0.3 is 4.90 Å². The van der Waals surface area contributed by atoms with Gasteiger partial charge in [-0.05, 0) is 56.5 Å². The maximum absolute atomic E-state index is 14.3. The summed E-state index contributed by atoms with van der Waals surface area (Å²) in [5.41, 5.74) is 1.28. The van der Waals surface area contributed by atoms with Gasteiger partial charge in [0.1, 0.15) is 11.6 Å². The Balaban J connectivity index is 1.95. The van der Waals surface area contributed by atoms with Gasteiger partial charge in [0, 0.05) is 22.4 Å². The van der Waals surface area contributed by atoms with Crippen LogP contribution in [0.25, 0.3) is 22.3 Å². The van der Waals surface area contributed by atoms with Gasteiger partial charge in [-0.15, -0.1) is 0 Å². The summed E-state index contributed by atoms with van der Waals surface area (Å²) in [5, 5.41) is 1.00. The summed E-state index contributed by atoms with van der Waals surface area (Å²) >= 11 is 3.55. The van der Waals surface area contributed by atoms with Crippen molar-refractivity contribution in [3.8, 4) is 11.4 Å². The van der Waals surface area contributed by atoms with Crippen LogP contribution in [-0.2, 0) is 0 Å². The lowest BCUT2D eigenvalue weighted by Crippen LogP contribution is -2.38. The number of aromatic nitrogens is 2. The molecule has 0 aliphatic carbocycles. The molecule has 1 fully saturated rings. The monoisotopic (exact) mass is 399 g/mol. The fourth-order valence-corrected chi connectivity index (χ4v) is 3.84. The van der Waals surface area contributed by atoms with Crippen molar-refractivity contribution in [3.63, 3.8) is 0 Å². The Hall–Kier alpha value is -2.01. The molecule has 0 N–H and O–H groups in total. The summed E-state index contributed by atoms with van der Waals surface area (Å²) < 4.78 is 15.3. The first-order valence-electron chi connectivity index (χ1n) is 8.62. The molecule has 3 aromatic rings. The van der Waals surface area contributed by atoms with Crippen LogP contribution in [0.1, 0.15) is 26.2 Å². The third-order valence-corrected chi connectivity index (χ3v) is 5.32. The maximum Gasteiger partial charge on any atom is 0.165 e. The van der Waals surface area contributed by atoms with Crippen molar-refractivity contribution in [2.45, 2.75) is 32.2 Å². The third kappa shape index (κ3) is 3.13. The van der Waals surface area contributed by atoms with Crippen molar-refractivity contribution in [1.29, 1.82) is 0 Å². The van der Waals surface area contributed by atoms with Crippen molar-refractivity contribution >= 4 is 32.7 Å². The van der Waals surface area contributed by atoms with E-state index < -0.39 is 0 Å². The lowest BCUT2D eigenvalue weighted by Gasteiger charge is -2.35. The van der Waals surface area contributed by atoms with Crippen molar-refractivity contribution in [2.24, 2.45) is 0 Å². The van der Waals surface area contributed by atoms with Gasteiger partial charge in [0.15, 0.2) is 5.82 Å². The van der Waals surface area contributed by atoms with Gasteiger partial charge in [-0.3, -0.25) is 0 Å². The van der Waals surface area contributed by atoms with E-state index in [9.17, 15) is 4.39 Å². The van der Waals surface area contributed by atoms with E-state index in [1.165, 1.54) is 12.5 Å². The highest BCUT2D eigenvalue weighted by Gasteiger charge is 2.23. The lowest BCUT2D eigenvalue weighted by molar-refractivity contribution is 0.482. The van der Waals surface area contributed by atoms with Gasteiger partial charge in [0.25, 0.3) is 0 Å². The van der Waals surface area contributed by atoms with E-state index in [0.717, 1.165) is 40.6 Å². The number of fused-ring (bicyclic) bond motifs is 1. The minimum atomic E-state index is -0.295. The molecular weight excluding hydrogens is 381 g/mol. The third-order valence-electron chi connectivity index (χ3n) is 4.83.